The number of aldehydes is 1. The van der Waals surface area contributed by atoms with Gasteiger partial charge >= 0.3 is 0 Å². The van der Waals surface area contributed by atoms with Crippen LogP contribution in [0.4, 0.5) is 8.78 Å². The number of carbonyl (C=O) groups excluding carboxylic acids is 5. The zero-order valence-corrected chi connectivity index (χ0v) is 26.0. The van der Waals surface area contributed by atoms with Crippen molar-refractivity contribution >= 4 is 29.9 Å². The standard InChI is InChI=1S/C31H40F2N6O6/c1-6-20(15-40)36-29(42)25-12-21(45-16-19-7-8-22(32)23(33)11-19)14-39(25)31(44)27(18(4)5)38-30(43)26(17(2)3)37-28(41)24-13-34-9-10-35-24/h7-11,13,15,17-18,20-21,25-27H,6,12,14,16H2,1-5H3,(H,36,42)(H,37,41)(H,38,43)/t20-,21+,25-,26-,27-/m0/s1. The van der Waals surface area contributed by atoms with E-state index >= 15 is 0 Å². The molecule has 1 saturated heterocycles. The van der Waals surface area contributed by atoms with Gasteiger partial charge in [-0.15, -0.1) is 0 Å². The van der Waals surface area contributed by atoms with E-state index in [1.165, 1.54) is 29.6 Å². The second-order valence-corrected chi connectivity index (χ2v) is 11.6. The molecule has 2 aromatic rings. The Hall–Kier alpha value is -4.33. The summed E-state index contributed by atoms with van der Waals surface area (Å²) < 4.78 is 33.0. The number of nitrogens with zero attached hydrogens (tertiary/aromatic N) is 3. The number of likely N-dealkylation sites (tertiary alicyclic amines) is 1. The van der Waals surface area contributed by atoms with Crippen LogP contribution in [-0.4, -0.2) is 81.6 Å². The summed E-state index contributed by atoms with van der Waals surface area (Å²) in [7, 11) is 0. The topological polar surface area (TPSA) is 160 Å². The quantitative estimate of drug-likeness (QED) is 0.267. The van der Waals surface area contributed by atoms with Gasteiger partial charge in [-0.2, -0.15) is 0 Å². The first-order chi connectivity index (χ1) is 21.4. The van der Waals surface area contributed by atoms with Crippen molar-refractivity contribution in [2.45, 2.75) is 84.3 Å². The first-order valence-electron chi connectivity index (χ1n) is 14.8. The molecule has 0 unspecified atom stereocenters. The summed E-state index contributed by atoms with van der Waals surface area (Å²) in [4.78, 5) is 74.0. The molecule has 5 atom stereocenters. The molecule has 14 heteroatoms. The van der Waals surface area contributed by atoms with Crippen LogP contribution in [0.25, 0.3) is 0 Å². The van der Waals surface area contributed by atoms with Crippen LogP contribution in [0.3, 0.4) is 0 Å². The lowest BCUT2D eigenvalue weighted by atomic mass is 9.98. The normalized spacial score (nSPS) is 18.3. The fraction of sp³-hybridized carbons (Fsp3) is 0.516. The van der Waals surface area contributed by atoms with Crippen LogP contribution in [0.15, 0.2) is 36.8 Å². The molecule has 1 aromatic carbocycles. The van der Waals surface area contributed by atoms with Crippen molar-refractivity contribution in [3.8, 4) is 0 Å². The molecule has 1 fully saturated rings. The third-order valence-corrected chi connectivity index (χ3v) is 7.51. The summed E-state index contributed by atoms with van der Waals surface area (Å²) in [6.07, 6.45) is 4.38. The van der Waals surface area contributed by atoms with E-state index in [2.05, 4.69) is 25.9 Å². The Morgan fingerprint density at radius 2 is 1.73 bits per heavy atom. The van der Waals surface area contributed by atoms with Gasteiger partial charge in [-0.3, -0.25) is 24.2 Å². The zero-order chi connectivity index (χ0) is 33.3. The maximum atomic E-state index is 14.0. The van der Waals surface area contributed by atoms with Crippen molar-refractivity contribution in [2.24, 2.45) is 11.8 Å². The van der Waals surface area contributed by atoms with Crippen LogP contribution in [-0.2, 0) is 30.5 Å². The van der Waals surface area contributed by atoms with E-state index < -0.39 is 71.5 Å². The average molecular weight is 631 g/mol. The molecular weight excluding hydrogens is 590 g/mol. The van der Waals surface area contributed by atoms with Gasteiger partial charge in [0.15, 0.2) is 11.6 Å². The average Bonchev–Trinajstić information content (AvgIpc) is 3.46. The Balaban J connectivity index is 1.80. The maximum Gasteiger partial charge on any atom is 0.272 e. The molecule has 1 aliphatic heterocycles. The van der Waals surface area contributed by atoms with Gasteiger partial charge in [0.1, 0.15) is 30.1 Å². The number of carbonyl (C=O) groups is 5. The van der Waals surface area contributed by atoms with E-state index in [-0.39, 0.29) is 31.2 Å². The highest BCUT2D eigenvalue weighted by atomic mass is 19.2. The number of halogens is 2. The van der Waals surface area contributed by atoms with Crippen LogP contribution in [0.1, 0.15) is 63.5 Å². The van der Waals surface area contributed by atoms with Crippen molar-refractivity contribution < 1.29 is 37.5 Å². The molecule has 1 aliphatic rings. The van der Waals surface area contributed by atoms with Crippen LogP contribution in [0.5, 0.6) is 0 Å². The Bertz CT molecular complexity index is 1360. The summed E-state index contributed by atoms with van der Waals surface area (Å²) in [6.45, 7) is 8.52. The van der Waals surface area contributed by atoms with Gasteiger partial charge < -0.3 is 30.4 Å². The third-order valence-electron chi connectivity index (χ3n) is 7.51. The molecule has 0 aliphatic carbocycles. The number of nitrogens with one attached hydrogen (secondary N) is 3. The smallest absolute Gasteiger partial charge is 0.272 e. The van der Waals surface area contributed by atoms with Gasteiger partial charge in [0.2, 0.25) is 17.7 Å². The fourth-order valence-corrected chi connectivity index (χ4v) is 4.87. The zero-order valence-electron chi connectivity index (χ0n) is 26.0. The summed E-state index contributed by atoms with van der Waals surface area (Å²) >= 11 is 0. The Kier molecular flexibility index (Phi) is 12.6. The SMILES string of the molecule is CC[C@@H](C=O)NC(=O)[C@@H]1C[C@@H](OCc2ccc(F)c(F)c2)CN1C(=O)[C@@H](NC(=O)[C@@H](NC(=O)c1cnccn1)C(C)C)C(C)C. The van der Waals surface area contributed by atoms with Gasteiger partial charge in [0, 0.05) is 25.4 Å². The molecule has 45 heavy (non-hydrogen) atoms. The van der Waals surface area contributed by atoms with Gasteiger partial charge in [0.05, 0.1) is 24.9 Å². The van der Waals surface area contributed by atoms with Gasteiger partial charge in [-0.1, -0.05) is 40.7 Å². The van der Waals surface area contributed by atoms with Crippen molar-refractivity contribution in [2.75, 3.05) is 6.54 Å². The minimum Gasteiger partial charge on any atom is -0.372 e. The van der Waals surface area contributed by atoms with Crippen molar-refractivity contribution in [1.29, 1.82) is 0 Å². The molecular formula is C31H40F2N6O6. The molecule has 3 rings (SSSR count). The lowest BCUT2D eigenvalue weighted by Gasteiger charge is -2.32. The predicted molar refractivity (Wildman–Crippen MR) is 158 cm³/mol. The molecule has 12 nitrogen and oxygen atoms in total. The van der Waals surface area contributed by atoms with E-state index in [0.717, 1.165) is 12.1 Å². The fourth-order valence-electron chi connectivity index (χ4n) is 4.87. The largest absolute Gasteiger partial charge is 0.372 e. The number of aromatic nitrogens is 2. The molecule has 244 valence electrons. The highest BCUT2D eigenvalue weighted by molar-refractivity contribution is 5.98. The summed E-state index contributed by atoms with van der Waals surface area (Å²) in [5.74, 6) is -5.14. The first-order valence-corrected chi connectivity index (χ1v) is 14.8. The summed E-state index contributed by atoms with van der Waals surface area (Å²) in [5, 5.41) is 8.04. The van der Waals surface area contributed by atoms with Gasteiger partial charge in [-0.25, -0.2) is 13.8 Å². The van der Waals surface area contributed by atoms with Crippen molar-refractivity contribution in [3.63, 3.8) is 0 Å². The minimum absolute atomic E-state index is 0.0217. The molecule has 1 aromatic heterocycles. The highest BCUT2D eigenvalue weighted by Crippen LogP contribution is 2.25. The number of amides is 4. The molecule has 2 heterocycles. The number of hydrogen-bond donors (Lipinski definition) is 3. The van der Waals surface area contributed by atoms with E-state index in [0.29, 0.717) is 18.3 Å². The molecule has 0 saturated carbocycles. The van der Waals surface area contributed by atoms with Crippen LogP contribution < -0.4 is 16.0 Å². The Morgan fingerprint density at radius 1 is 1.02 bits per heavy atom. The van der Waals surface area contributed by atoms with Gasteiger partial charge in [0.25, 0.3) is 5.91 Å². The second-order valence-electron chi connectivity index (χ2n) is 11.6. The summed E-state index contributed by atoms with van der Waals surface area (Å²) in [6, 6.07) is -0.536. The van der Waals surface area contributed by atoms with E-state index in [4.69, 9.17) is 4.74 Å². The lowest BCUT2D eigenvalue weighted by molar-refractivity contribution is -0.143. The van der Waals surface area contributed by atoms with Crippen molar-refractivity contribution in [3.05, 3.63) is 59.7 Å². The highest BCUT2D eigenvalue weighted by Gasteiger charge is 2.44. The van der Waals surface area contributed by atoms with Crippen LogP contribution in [0, 0.1) is 23.5 Å². The molecule has 3 N–H and O–H groups in total. The monoisotopic (exact) mass is 630 g/mol. The Labute approximate surface area is 260 Å². The summed E-state index contributed by atoms with van der Waals surface area (Å²) in [5.41, 5.74) is 0.385. The van der Waals surface area contributed by atoms with E-state index in [1.54, 1.807) is 34.6 Å². The third kappa shape index (κ3) is 9.33. The van der Waals surface area contributed by atoms with Crippen molar-refractivity contribution in [1.82, 2.24) is 30.8 Å². The molecule has 4 amide bonds. The van der Waals surface area contributed by atoms with Crippen LogP contribution >= 0.6 is 0 Å². The number of ether oxygens (including phenoxy) is 1. The van der Waals surface area contributed by atoms with E-state index in [9.17, 15) is 32.8 Å². The molecule has 0 spiro atoms. The number of hydrogen-bond acceptors (Lipinski definition) is 8. The molecule has 0 bridgehead atoms. The number of benzene rings is 1. The lowest BCUT2D eigenvalue weighted by Crippen LogP contribution is -2.59. The number of rotatable bonds is 14. The van der Waals surface area contributed by atoms with Gasteiger partial charge in [-0.05, 0) is 36.0 Å². The molecule has 0 radical (unpaired) electrons. The van der Waals surface area contributed by atoms with Crippen LogP contribution in [0.2, 0.25) is 0 Å². The maximum absolute atomic E-state index is 14.0. The Morgan fingerprint density at radius 3 is 2.31 bits per heavy atom. The second kappa shape index (κ2) is 16.1. The predicted octanol–water partition coefficient (Wildman–Crippen LogP) is 1.93. The first kappa shape index (κ1) is 35.2. The minimum atomic E-state index is -1.08. The van der Waals surface area contributed by atoms with E-state index in [1.807, 2.05) is 0 Å².